The number of aliphatic carboxylic acids is 1. The molecular formula is C16H20F3NO4. The number of halogens is 3. The zero-order chi connectivity index (χ0) is 18.5. The maximum Gasteiger partial charge on any atom is 0.411 e. The Morgan fingerprint density at radius 2 is 1.71 bits per heavy atom. The Morgan fingerprint density at radius 3 is 2.12 bits per heavy atom. The third-order valence-electron chi connectivity index (χ3n) is 2.95. The van der Waals surface area contributed by atoms with Gasteiger partial charge in [-0.05, 0) is 26.3 Å². The monoisotopic (exact) mass is 347 g/mol. The molecule has 0 aromatic heterocycles. The lowest BCUT2D eigenvalue weighted by Crippen LogP contribution is -2.50. The molecule has 1 N–H and O–H groups in total. The van der Waals surface area contributed by atoms with E-state index in [0.29, 0.717) is 10.5 Å². The first-order chi connectivity index (χ1) is 10.9. The summed E-state index contributed by atoms with van der Waals surface area (Å²) in [5.74, 6) is -1.65. The molecule has 1 aromatic rings. The topological polar surface area (TPSA) is 66.8 Å². The highest BCUT2D eigenvalue weighted by atomic mass is 19.4. The van der Waals surface area contributed by atoms with E-state index < -0.39 is 42.8 Å². The van der Waals surface area contributed by atoms with E-state index in [0.717, 1.165) is 0 Å². The molecule has 0 saturated heterocycles. The number of carboxylic acid groups (broad SMARTS) is 1. The van der Waals surface area contributed by atoms with Crippen LogP contribution in [0.15, 0.2) is 30.3 Å². The quantitative estimate of drug-likeness (QED) is 0.879. The lowest BCUT2D eigenvalue weighted by Gasteiger charge is -2.34. The Balaban J connectivity index is 3.18. The largest absolute Gasteiger partial charge is 0.481 e. The van der Waals surface area contributed by atoms with Crippen LogP contribution in [0, 0.1) is 0 Å². The molecule has 1 aromatic carbocycles. The minimum atomic E-state index is -4.90. The fourth-order valence-corrected chi connectivity index (χ4v) is 1.97. The highest BCUT2D eigenvalue weighted by molar-refractivity contribution is 5.72. The number of rotatable bonds is 5. The van der Waals surface area contributed by atoms with Crippen LogP contribution in [-0.2, 0) is 16.1 Å². The van der Waals surface area contributed by atoms with Crippen LogP contribution in [0.1, 0.15) is 32.8 Å². The lowest BCUT2D eigenvalue weighted by atomic mass is 10.1. The second-order valence-corrected chi connectivity index (χ2v) is 6.25. The van der Waals surface area contributed by atoms with Crippen LogP contribution in [0.5, 0.6) is 0 Å². The van der Waals surface area contributed by atoms with Crippen LogP contribution in [0.3, 0.4) is 0 Å². The SMILES string of the molecule is CC(C)(C)OC(=O)N(Cc1ccccc1)C(CC(=O)O)C(F)(F)F. The van der Waals surface area contributed by atoms with E-state index in [-0.39, 0.29) is 0 Å². The highest BCUT2D eigenvalue weighted by Crippen LogP contribution is 2.30. The van der Waals surface area contributed by atoms with E-state index in [1.54, 1.807) is 30.3 Å². The third kappa shape index (κ3) is 6.47. The average Bonchev–Trinajstić information content (AvgIpc) is 2.40. The molecule has 24 heavy (non-hydrogen) atoms. The van der Waals surface area contributed by atoms with Crippen LogP contribution in [-0.4, -0.2) is 39.9 Å². The molecule has 1 unspecified atom stereocenters. The lowest BCUT2D eigenvalue weighted by molar-refractivity contribution is -0.188. The van der Waals surface area contributed by atoms with Gasteiger partial charge in [0, 0.05) is 6.54 Å². The van der Waals surface area contributed by atoms with Crippen molar-refractivity contribution in [2.45, 2.75) is 51.6 Å². The van der Waals surface area contributed by atoms with Gasteiger partial charge in [-0.2, -0.15) is 13.2 Å². The zero-order valence-electron chi connectivity index (χ0n) is 13.6. The Kier molecular flexibility index (Phi) is 6.22. The summed E-state index contributed by atoms with van der Waals surface area (Å²) in [4.78, 5) is 23.5. The molecule has 1 rings (SSSR count). The van der Waals surface area contributed by atoms with Crippen molar-refractivity contribution in [2.24, 2.45) is 0 Å². The summed E-state index contributed by atoms with van der Waals surface area (Å²) in [5, 5.41) is 8.80. The number of nitrogens with zero attached hydrogens (tertiary/aromatic N) is 1. The Labute approximate surface area is 138 Å². The van der Waals surface area contributed by atoms with Crippen molar-refractivity contribution in [1.29, 1.82) is 0 Å². The third-order valence-corrected chi connectivity index (χ3v) is 2.95. The number of carbonyl (C=O) groups is 2. The van der Waals surface area contributed by atoms with Gasteiger partial charge >= 0.3 is 18.2 Å². The molecule has 0 heterocycles. The van der Waals surface area contributed by atoms with Gasteiger partial charge in [0.15, 0.2) is 0 Å². The van der Waals surface area contributed by atoms with Gasteiger partial charge in [0.2, 0.25) is 0 Å². The van der Waals surface area contributed by atoms with Gasteiger partial charge in [-0.15, -0.1) is 0 Å². The molecule has 0 fully saturated rings. The molecule has 0 aliphatic carbocycles. The fraction of sp³-hybridized carbons (Fsp3) is 0.500. The van der Waals surface area contributed by atoms with Crippen molar-refractivity contribution in [1.82, 2.24) is 4.90 Å². The first-order valence-corrected chi connectivity index (χ1v) is 7.22. The molecule has 0 bridgehead atoms. The second kappa shape index (κ2) is 7.55. The summed E-state index contributed by atoms with van der Waals surface area (Å²) < 4.78 is 45.0. The molecule has 8 heteroatoms. The van der Waals surface area contributed by atoms with Crippen molar-refractivity contribution in [3.63, 3.8) is 0 Å². The molecule has 0 radical (unpaired) electrons. The molecule has 5 nitrogen and oxygen atoms in total. The Hall–Kier alpha value is -2.25. The van der Waals surface area contributed by atoms with Crippen LogP contribution >= 0.6 is 0 Å². The number of carbonyl (C=O) groups excluding carboxylic acids is 1. The highest BCUT2D eigenvalue weighted by Gasteiger charge is 2.47. The van der Waals surface area contributed by atoms with Gasteiger partial charge in [-0.25, -0.2) is 4.79 Å². The van der Waals surface area contributed by atoms with Crippen molar-refractivity contribution in [3.05, 3.63) is 35.9 Å². The van der Waals surface area contributed by atoms with Gasteiger partial charge in [-0.3, -0.25) is 9.69 Å². The number of carboxylic acids is 1. The summed E-state index contributed by atoms with van der Waals surface area (Å²) >= 11 is 0. The van der Waals surface area contributed by atoms with E-state index in [1.807, 2.05) is 0 Å². The number of hydrogen-bond acceptors (Lipinski definition) is 3. The normalized spacial score (nSPS) is 13.2. The van der Waals surface area contributed by atoms with Crippen LogP contribution in [0.25, 0.3) is 0 Å². The molecule has 1 amide bonds. The molecular weight excluding hydrogens is 327 g/mol. The van der Waals surface area contributed by atoms with Gasteiger partial charge in [0.05, 0.1) is 6.42 Å². The van der Waals surface area contributed by atoms with E-state index in [4.69, 9.17) is 9.84 Å². The van der Waals surface area contributed by atoms with E-state index in [9.17, 15) is 22.8 Å². The number of ether oxygens (including phenoxy) is 1. The maximum absolute atomic E-state index is 13.3. The fourth-order valence-electron chi connectivity index (χ4n) is 1.97. The summed E-state index contributed by atoms with van der Waals surface area (Å²) in [5.41, 5.74) is -0.575. The molecule has 0 saturated carbocycles. The molecule has 1 atom stereocenters. The Morgan fingerprint density at radius 1 is 1.17 bits per heavy atom. The minimum absolute atomic E-state index is 0.410. The number of alkyl halides is 3. The number of hydrogen-bond donors (Lipinski definition) is 1. The van der Waals surface area contributed by atoms with Crippen molar-refractivity contribution in [3.8, 4) is 0 Å². The molecule has 0 spiro atoms. The summed E-state index contributed by atoms with van der Waals surface area (Å²) in [6.45, 7) is 4.15. The molecule has 0 aliphatic rings. The van der Waals surface area contributed by atoms with Crippen LogP contribution in [0.4, 0.5) is 18.0 Å². The summed E-state index contributed by atoms with van der Waals surface area (Å²) in [6.07, 6.45) is -7.37. The van der Waals surface area contributed by atoms with E-state index >= 15 is 0 Å². The molecule has 0 aliphatic heterocycles. The van der Waals surface area contributed by atoms with Gasteiger partial charge in [-0.1, -0.05) is 30.3 Å². The Bertz CT molecular complexity index is 567. The zero-order valence-corrected chi connectivity index (χ0v) is 13.6. The minimum Gasteiger partial charge on any atom is -0.481 e. The first kappa shape index (κ1) is 19.8. The first-order valence-electron chi connectivity index (χ1n) is 7.22. The predicted molar refractivity (Wildman–Crippen MR) is 80.3 cm³/mol. The van der Waals surface area contributed by atoms with Crippen molar-refractivity contribution in [2.75, 3.05) is 0 Å². The molecule has 134 valence electrons. The number of benzene rings is 1. The van der Waals surface area contributed by atoms with Gasteiger partial charge in [0.1, 0.15) is 11.6 Å². The van der Waals surface area contributed by atoms with Crippen molar-refractivity contribution >= 4 is 12.1 Å². The summed E-state index contributed by atoms with van der Waals surface area (Å²) in [7, 11) is 0. The second-order valence-electron chi connectivity index (χ2n) is 6.25. The van der Waals surface area contributed by atoms with E-state index in [1.165, 1.54) is 20.8 Å². The standard InChI is InChI=1S/C16H20F3NO4/c1-15(2,3)24-14(23)20(10-11-7-5-4-6-8-11)12(9-13(21)22)16(17,18)19/h4-8,12H,9-10H2,1-3H3,(H,21,22). The van der Waals surface area contributed by atoms with Crippen LogP contribution in [0.2, 0.25) is 0 Å². The maximum atomic E-state index is 13.3. The van der Waals surface area contributed by atoms with Gasteiger partial charge in [0.25, 0.3) is 0 Å². The smallest absolute Gasteiger partial charge is 0.411 e. The van der Waals surface area contributed by atoms with Crippen molar-refractivity contribution < 1.29 is 32.6 Å². The van der Waals surface area contributed by atoms with Gasteiger partial charge < -0.3 is 9.84 Å². The van der Waals surface area contributed by atoms with E-state index in [2.05, 4.69) is 0 Å². The predicted octanol–water partition coefficient (Wildman–Crippen LogP) is 3.83. The summed E-state index contributed by atoms with van der Waals surface area (Å²) in [6, 6.07) is 5.52. The number of amides is 1. The van der Waals surface area contributed by atoms with Crippen LogP contribution < -0.4 is 0 Å². The average molecular weight is 347 g/mol.